The highest BCUT2D eigenvalue weighted by atomic mass is 19.1. The number of benzene rings is 1. The number of pyridine rings is 1. The van der Waals surface area contributed by atoms with Crippen molar-refractivity contribution in [1.29, 1.82) is 5.26 Å². The molecule has 0 spiro atoms. The maximum Gasteiger partial charge on any atom is 0.132 e. The van der Waals surface area contributed by atoms with E-state index in [1.165, 1.54) is 12.3 Å². The Labute approximate surface area is 93.0 Å². The van der Waals surface area contributed by atoms with E-state index in [0.717, 1.165) is 5.56 Å². The Morgan fingerprint density at radius 3 is 2.69 bits per heavy atom. The molecule has 0 atom stereocenters. The molecule has 3 heteroatoms. The largest absolute Gasteiger partial charge is 0.254 e. The fraction of sp³-hybridized carbons (Fsp3) is 0.0769. The van der Waals surface area contributed by atoms with Gasteiger partial charge in [-0.15, -0.1) is 0 Å². The SMILES string of the molecule is Cc1cc(C#N)cnc1-c1ccccc1F. The fourth-order valence-electron chi connectivity index (χ4n) is 1.57. The van der Waals surface area contributed by atoms with Gasteiger partial charge < -0.3 is 0 Å². The third-order valence-electron chi connectivity index (χ3n) is 2.34. The molecule has 2 rings (SSSR count). The van der Waals surface area contributed by atoms with Crippen molar-refractivity contribution in [2.24, 2.45) is 0 Å². The summed E-state index contributed by atoms with van der Waals surface area (Å²) in [5.74, 6) is -0.303. The Hall–Kier alpha value is -2.21. The maximum atomic E-state index is 13.5. The predicted molar refractivity (Wildman–Crippen MR) is 59.1 cm³/mol. The summed E-state index contributed by atoms with van der Waals surface area (Å²) in [6, 6.07) is 10.2. The van der Waals surface area contributed by atoms with Gasteiger partial charge >= 0.3 is 0 Å². The molecule has 0 aliphatic heterocycles. The first-order valence-electron chi connectivity index (χ1n) is 4.84. The lowest BCUT2D eigenvalue weighted by Gasteiger charge is -2.05. The van der Waals surface area contributed by atoms with Crippen molar-refractivity contribution in [2.75, 3.05) is 0 Å². The van der Waals surface area contributed by atoms with Gasteiger partial charge in [-0.1, -0.05) is 12.1 Å². The van der Waals surface area contributed by atoms with E-state index >= 15 is 0 Å². The lowest BCUT2D eigenvalue weighted by molar-refractivity contribution is 0.630. The zero-order valence-electron chi connectivity index (χ0n) is 8.74. The molecule has 1 aromatic heterocycles. The molecule has 0 fully saturated rings. The summed E-state index contributed by atoms with van der Waals surface area (Å²) in [5.41, 5.74) is 2.32. The summed E-state index contributed by atoms with van der Waals surface area (Å²) in [6.45, 7) is 1.82. The zero-order valence-corrected chi connectivity index (χ0v) is 8.74. The van der Waals surface area contributed by atoms with Crippen molar-refractivity contribution in [2.45, 2.75) is 6.92 Å². The van der Waals surface area contributed by atoms with Crippen LogP contribution in [-0.2, 0) is 0 Å². The Morgan fingerprint density at radius 2 is 2.06 bits per heavy atom. The molecule has 0 bridgehead atoms. The number of rotatable bonds is 1. The fourth-order valence-corrected chi connectivity index (χ4v) is 1.57. The van der Waals surface area contributed by atoms with Crippen LogP contribution in [0.2, 0.25) is 0 Å². The van der Waals surface area contributed by atoms with Crippen LogP contribution in [0.4, 0.5) is 4.39 Å². The summed E-state index contributed by atoms with van der Waals surface area (Å²) in [5, 5.41) is 8.71. The number of aryl methyl sites for hydroxylation is 1. The van der Waals surface area contributed by atoms with Crippen molar-refractivity contribution in [3.05, 3.63) is 53.5 Å². The second-order valence-corrected chi connectivity index (χ2v) is 3.48. The highest BCUT2D eigenvalue weighted by Gasteiger charge is 2.08. The minimum atomic E-state index is -0.303. The predicted octanol–water partition coefficient (Wildman–Crippen LogP) is 3.07. The summed E-state index contributed by atoms with van der Waals surface area (Å²) >= 11 is 0. The summed E-state index contributed by atoms with van der Waals surface area (Å²) in [7, 11) is 0. The molecule has 2 aromatic rings. The van der Waals surface area contributed by atoms with Gasteiger partial charge in [-0.2, -0.15) is 5.26 Å². The Balaban J connectivity index is 2.58. The van der Waals surface area contributed by atoms with Crippen molar-refractivity contribution in [1.82, 2.24) is 4.98 Å². The van der Waals surface area contributed by atoms with E-state index in [9.17, 15) is 4.39 Å². The number of aromatic nitrogens is 1. The second-order valence-electron chi connectivity index (χ2n) is 3.48. The van der Waals surface area contributed by atoms with E-state index < -0.39 is 0 Å². The van der Waals surface area contributed by atoms with Crippen molar-refractivity contribution in [3.63, 3.8) is 0 Å². The molecule has 1 aromatic carbocycles. The smallest absolute Gasteiger partial charge is 0.132 e. The third kappa shape index (κ3) is 1.78. The first kappa shape index (κ1) is 10.3. The van der Waals surface area contributed by atoms with Crippen LogP contribution in [0, 0.1) is 24.1 Å². The first-order chi connectivity index (χ1) is 7.72. The van der Waals surface area contributed by atoms with Gasteiger partial charge in [0.1, 0.15) is 11.9 Å². The van der Waals surface area contributed by atoms with Crippen LogP contribution < -0.4 is 0 Å². The minimum Gasteiger partial charge on any atom is -0.254 e. The van der Waals surface area contributed by atoms with Crippen LogP contribution in [0.5, 0.6) is 0 Å². The number of nitriles is 1. The molecule has 0 N–H and O–H groups in total. The van der Waals surface area contributed by atoms with Crippen LogP contribution in [0.25, 0.3) is 11.3 Å². The Bertz CT molecular complexity index is 570. The van der Waals surface area contributed by atoms with Crippen molar-refractivity contribution < 1.29 is 4.39 Å². The first-order valence-corrected chi connectivity index (χ1v) is 4.84. The maximum absolute atomic E-state index is 13.5. The summed E-state index contributed by atoms with van der Waals surface area (Å²) in [4.78, 5) is 4.12. The molecule has 0 amide bonds. The average molecular weight is 212 g/mol. The van der Waals surface area contributed by atoms with Crippen LogP contribution in [-0.4, -0.2) is 4.98 Å². The van der Waals surface area contributed by atoms with Gasteiger partial charge in [0.2, 0.25) is 0 Å². The molecule has 16 heavy (non-hydrogen) atoms. The van der Waals surface area contributed by atoms with Gasteiger partial charge in [0.15, 0.2) is 0 Å². The van der Waals surface area contributed by atoms with E-state index in [1.807, 2.05) is 13.0 Å². The van der Waals surface area contributed by atoms with Crippen LogP contribution in [0.1, 0.15) is 11.1 Å². The molecule has 0 saturated carbocycles. The number of halogens is 1. The van der Waals surface area contributed by atoms with Crippen LogP contribution in [0.3, 0.4) is 0 Å². The van der Waals surface area contributed by atoms with Gasteiger partial charge in [-0.05, 0) is 30.7 Å². The number of nitrogens with zero attached hydrogens (tertiary/aromatic N) is 2. The molecule has 2 nitrogen and oxygen atoms in total. The molecular formula is C13H9FN2. The van der Waals surface area contributed by atoms with Gasteiger partial charge in [-0.3, -0.25) is 4.98 Å². The van der Waals surface area contributed by atoms with E-state index in [1.54, 1.807) is 24.3 Å². The van der Waals surface area contributed by atoms with Crippen molar-refractivity contribution in [3.8, 4) is 17.3 Å². The number of hydrogen-bond donors (Lipinski definition) is 0. The van der Waals surface area contributed by atoms with Crippen LogP contribution >= 0.6 is 0 Å². The standard InChI is InChI=1S/C13H9FN2/c1-9-6-10(7-15)8-16-13(9)11-4-2-3-5-12(11)14/h2-6,8H,1H3. The highest BCUT2D eigenvalue weighted by Crippen LogP contribution is 2.23. The normalized spacial score (nSPS) is 9.81. The third-order valence-corrected chi connectivity index (χ3v) is 2.34. The lowest BCUT2D eigenvalue weighted by atomic mass is 10.1. The Kier molecular flexibility index (Phi) is 2.65. The van der Waals surface area contributed by atoms with Crippen LogP contribution in [0.15, 0.2) is 36.5 Å². The molecular weight excluding hydrogens is 203 g/mol. The van der Waals surface area contributed by atoms with E-state index in [0.29, 0.717) is 16.8 Å². The molecule has 0 aliphatic rings. The monoisotopic (exact) mass is 212 g/mol. The summed E-state index contributed by atoms with van der Waals surface area (Å²) in [6.07, 6.45) is 1.45. The molecule has 78 valence electrons. The zero-order chi connectivity index (χ0) is 11.5. The summed E-state index contributed by atoms with van der Waals surface area (Å²) < 4.78 is 13.5. The van der Waals surface area contributed by atoms with E-state index in [2.05, 4.69) is 4.98 Å². The van der Waals surface area contributed by atoms with E-state index in [-0.39, 0.29) is 5.82 Å². The topological polar surface area (TPSA) is 36.7 Å². The molecule has 0 radical (unpaired) electrons. The second kappa shape index (κ2) is 4.11. The van der Waals surface area contributed by atoms with Gasteiger partial charge in [0.05, 0.1) is 11.3 Å². The Morgan fingerprint density at radius 1 is 1.31 bits per heavy atom. The van der Waals surface area contributed by atoms with Gasteiger partial charge in [-0.25, -0.2) is 4.39 Å². The van der Waals surface area contributed by atoms with Crippen molar-refractivity contribution >= 4 is 0 Å². The van der Waals surface area contributed by atoms with Gasteiger partial charge in [0, 0.05) is 11.8 Å². The quantitative estimate of drug-likeness (QED) is 0.728. The molecule has 0 saturated heterocycles. The molecule has 1 heterocycles. The average Bonchev–Trinajstić information content (AvgIpc) is 2.30. The number of hydrogen-bond acceptors (Lipinski definition) is 2. The highest BCUT2D eigenvalue weighted by molar-refractivity contribution is 5.64. The van der Waals surface area contributed by atoms with E-state index in [4.69, 9.17) is 5.26 Å². The molecule has 0 aliphatic carbocycles. The molecule has 0 unspecified atom stereocenters. The lowest BCUT2D eigenvalue weighted by Crippen LogP contribution is -1.92. The minimum absolute atomic E-state index is 0.303. The van der Waals surface area contributed by atoms with Gasteiger partial charge in [0.25, 0.3) is 0 Å².